The molecule has 0 saturated carbocycles. The van der Waals surface area contributed by atoms with Crippen LogP contribution in [-0.2, 0) is 0 Å². The van der Waals surface area contributed by atoms with Crippen LogP contribution in [0.4, 0.5) is 5.95 Å². The minimum atomic E-state index is 0.403. The van der Waals surface area contributed by atoms with Gasteiger partial charge in [-0.3, -0.25) is 0 Å². The SMILES string of the molecule is Nc1nnc(SCCCC[SiH3])[nH]1. The maximum atomic E-state index is 5.37. The van der Waals surface area contributed by atoms with Crippen molar-refractivity contribution in [2.45, 2.75) is 24.0 Å². The molecule has 1 aromatic heterocycles. The van der Waals surface area contributed by atoms with Crippen LogP contribution in [0.15, 0.2) is 5.16 Å². The fraction of sp³-hybridized carbons (Fsp3) is 0.667. The van der Waals surface area contributed by atoms with Crippen molar-refractivity contribution in [1.29, 1.82) is 0 Å². The van der Waals surface area contributed by atoms with Gasteiger partial charge < -0.3 is 10.7 Å². The molecule has 0 atom stereocenters. The molecule has 0 aliphatic carbocycles. The van der Waals surface area contributed by atoms with Gasteiger partial charge in [0, 0.05) is 16.0 Å². The number of nitrogens with zero attached hydrogens (tertiary/aromatic N) is 2. The van der Waals surface area contributed by atoms with Gasteiger partial charge in [-0.15, -0.1) is 10.2 Å². The summed E-state index contributed by atoms with van der Waals surface area (Å²) < 4.78 is 0. The summed E-state index contributed by atoms with van der Waals surface area (Å²) in [5.41, 5.74) is 5.37. The zero-order valence-corrected chi connectivity index (χ0v) is 10.0. The summed E-state index contributed by atoms with van der Waals surface area (Å²) in [7, 11) is 1.32. The van der Waals surface area contributed by atoms with Gasteiger partial charge >= 0.3 is 0 Å². The summed E-state index contributed by atoms with van der Waals surface area (Å²) in [6.45, 7) is 0. The second-order valence-electron chi connectivity index (χ2n) is 2.57. The number of nitrogens with two attached hydrogens (primary N) is 1. The van der Waals surface area contributed by atoms with E-state index in [0.717, 1.165) is 10.9 Å². The third-order valence-corrected chi connectivity index (χ3v) is 3.13. The maximum Gasteiger partial charge on any atom is 0.220 e. The quantitative estimate of drug-likeness (QED) is 0.402. The Bertz CT molecular complexity index is 227. The largest absolute Gasteiger partial charge is 0.368 e. The molecule has 0 aromatic carbocycles. The molecular formula is C6H14N4SSi. The number of unbranched alkanes of at least 4 members (excludes halogenated alkanes) is 1. The van der Waals surface area contributed by atoms with Gasteiger partial charge in [0.25, 0.3) is 0 Å². The van der Waals surface area contributed by atoms with Crippen molar-refractivity contribution < 1.29 is 0 Å². The molecule has 0 fully saturated rings. The molecule has 0 amide bonds. The van der Waals surface area contributed by atoms with Gasteiger partial charge in [-0.25, -0.2) is 0 Å². The smallest absolute Gasteiger partial charge is 0.220 e. The van der Waals surface area contributed by atoms with E-state index in [1.165, 1.54) is 29.1 Å². The molecule has 12 heavy (non-hydrogen) atoms. The molecule has 0 aliphatic rings. The second-order valence-corrected chi connectivity index (χ2v) is 4.65. The van der Waals surface area contributed by atoms with Gasteiger partial charge in [0.2, 0.25) is 5.95 Å². The highest BCUT2D eigenvalue weighted by atomic mass is 32.2. The third kappa shape index (κ3) is 3.27. The Morgan fingerprint density at radius 1 is 1.42 bits per heavy atom. The van der Waals surface area contributed by atoms with E-state index in [4.69, 9.17) is 5.73 Å². The Kier molecular flexibility index (Phi) is 4.16. The first-order valence-corrected chi connectivity index (χ1v) is 6.54. The molecule has 0 radical (unpaired) electrons. The minimum Gasteiger partial charge on any atom is -0.368 e. The van der Waals surface area contributed by atoms with Gasteiger partial charge in [0.1, 0.15) is 0 Å². The summed E-state index contributed by atoms with van der Waals surface area (Å²) in [5.74, 6) is 1.51. The van der Waals surface area contributed by atoms with Gasteiger partial charge in [0.05, 0.1) is 0 Å². The van der Waals surface area contributed by atoms with E-state index >= 15 is 0 Å². The van der Waals surface area contributed by atoms with Crippen molar-refractivity contribution in [3.8, 4) is 0 Å². The predicted octanol–water partition coefficient (Wildman–Crippen LogP) is 0.0429. The molecule has 0 aliphatic heterocycles. The molecular weight excluding hydrogens is 188 g/mol. The molecule has 1 heterocycles. The average molecular weight is 202 g/mol. The first-order valence-electron chi connectivity index (χ1n) is 4.14. The van der Waals surface area contributed by atoms with Gasteiger partial charge in [-0.05, 0) is 6.42 Å². The number of hydrogen-bond donors (Lipinski definition) is 2. The Morgan fingerprint density at radius 2 is 2.25 bits per heavy atom. The zero-order chi connectivity index (χ0) is 8.81. The first-order chi connectivity index (χ1) is 5.83. The Morgan fingerprint density at radius 3 is 2.83 bits per heavy atom. The summed E-state index contributed by atoms with van der Waals surface area (Å²) >= 11 is 1.69. The van der Waals surface area contributed by atoms with E-state index in [1.807, 2.05) is 0 Å². The highest BCUT2D eigenvalue weighted by Crippen LogP contribution is 2.14. The Balaban J connectivity index is 2.15. The number of anilines is 1. The third-order valence-electron chi connectivity index (χ3n) is 1.47. The van der Waals surface area contributed by atoms with Crippen molar-refractivity contribution in [2.24, 2.45) is 0 Å². The summed E-state index contributed by atoms with van der Waals surface area (Å²) in [5, 5.41) is 8.36. The predicted molar refractivity (Wildman–Crippen MR) is 55.5 cm³/mol. The van der Waals surface area contributed by atoms with Gasteiger partial charge in [0.15, 0.2) is 5.16 Å². The average Bonchev–Trinajstić information content (AvgIpc) is 2.45. The van der Waals surface area contributed by atoms with Crippen LogP contribution < -0.4 is 5.73 Å². The van der Waals surface area contributed by atoms with Crippen molar-refractivity contribution in [3.63, 3.8) is 0 Å². The lowest BCUT2D eigenvalue weighted by Crippen LogP contribution is -1.85. The highest BCUT2D eigenvalue weighted by molar-refractivity contribution is 7.99. The van der Waals surface area contributed by atoms with Gasteiger partial charge in [-0.2, -0.15) is 0 Å². The van der Waals surface area contributed by atoms with Crippen LogP contribution >= 0.6 is 11.8 Å². The van der Waals surface area contributed by atoms with Crippen molar-refractivity contribution in [3.05, 3.63) is 0 Å². The molecule has 0 saturated heterocycles. The second kappa shape index (κ2) is 5.21. The molecule has 1 rings (SSSR count). The Labute approximate surface area is 79.1 Å². The van der Waals surface area contributed by atoms with E-state index in [1.54, 1.807) is 11.8 Å². The number of nitrogen functional groups attached to an aromatic ring is 1. The van der Waals surface area contributed by atoms with E-state index in [2.05, 4.69) is 15.2 Å². The maximum absolute atomic E-state index is 5.37. The monoisotopic (exact) mass is 202 g/mol. The van der Waals surface area contributed by atoms with Crippen molar-refractivity contribution in [2.75, 3.05) is 11.5 Å². The fourth-order valence-corrected chi connectivity index (χ4v) is 2.16. The zero-order valence-electron chi connectivity index (χ0n) is 7.21. The number of nitrogens with one attached hydrogen (secondary N) is 1. The summed E-state index contributed by atoms with van der Waals surface area (Å²) in [6.07, 6.45) is 2.59. The lowest BCUT2D eigenvalue weighted by Gasteiger charge is -1.94. The van der Waals surface area contributed by atoms with E-state index < -0.39 is 0 Å². The molecule has 3 N–H and O–H groups in total. The number of thioether (sulfide) groups is 1. The van der Waals surface area contributed by atoms with E-state index in [0.29, 0.717) is 5.95 Å². The molecule has 1 aromatic rings. The van der Waals surface area contributed by atoms with Crippen molar-refractivity contribution >= 4 is 28.0 Å². The van der Waals surface area contributed by atoms with Gasteiger partial charge in [-0.1, -0.05) is 24.2 Å². The molecule has 0 bridgehead atoms. The number of rotatable bonds is 5. The standard InChI is InChI=1S/C6H14N4SSi/c7-5-8-6(10-9-5)11-3-1-2-4-12/h1-4H2,12H3,(H3,7,8,9,10). The lowest BCUT2D eigenvalue weighted by atomic mass is 10.4. The van der Waals surface area contributed by atoms with Crippen LogP contribution in [-0.4, -0.2) is 31.2 Å². The number of aromatic nitrogens is 3. The molecule has 0 unspecified atom stereocenters. The van der Waals surface area contributed by atoms with Crippen LogP contribution in [0.3, 0.4) is 0 Å². The number of hydrogen-bond acceptors (Lipinski definition) is 4. The molecule has 68 valence electrons. The van der Waals surface area contributed by atoms with Crippen LogP contribution in [0, 0.1) is 0 Å². The van der Waals surface area contributed by atoms with Crippen molar-refractivity contribution in [1.82, 2.24) is 15.2 Å². The molecule has 6 heteroatoms. The van der Waals surface area contributed by atoms with Crippen LogP contribution in [0.2, 0.25) is 6.04 Å². The van der Waals surface area contributed by atoms with E-state index in [-0.39, 0.29) is 0 Å². The topological polar surface area (TPSA) is 67.6 Å². The van der Waals surface area contributed by atoms with Crippen LogP contribution in [0.25, 0.3) is 0 Å². The number of H-pyrrole nitrogens is 1. The fourth-order valence-electron chi connectivity index (χ4n) is 0.845. The van der Waals surface area contributed by atoms with E-state index in [9.17, 15) is 0 Å². The summed E-state index contributed by atoms with van der Waals surface area (Å²) in [6, 6.07) is 1.39. The van der Waals surface area contributed by atoms with Crippen LogP contribution in [0.5, 0.6) is 0 Å². The molecule has 0 spiro atoms. The van der Waals surface area contributed by atoms with Crippen LogP contribution in [0.1, 0.15) is 12.8 Å². The Hall–Kier alpha value is -0.493. The highest BCUT2D eigenvalue weighted by Gasteiger charge is 1.98. The normalized spacial score (nSPS) is 10.7. The summed E-state index contributed by atoms with van der Waals surface area (Å²) in [4.78, 5) is 2.88. The number of aromatic amines is 1. The lowest BCUT2D eigenvalue weighted by molar-refractivity contribution is 0.887. The first kappa shape index (κ1) is 9.59. The molecule has 4 nitrogen and oxygen atoms in total. The minimum absolute atomic E-state index is 0.403.